The lowest BCUT2D eigenvalue weighted by Crippen LogP contribution is -2.18. The van der Waals surface area contributed by atoms with Gasteiger partial charge in [0.05, 0.1) is 13.2 Å². The minimum absolute atomic E-state index is 0.518. The fourth-order valence-corrected chi connectivity index (χ4v) is 3.47. The van der Waals surface area contributed by atoms with Crippen LogP contribution in [0, 0.1) is 0 Å². The molecule has 1 aromatic heterocycles. The van der Waals surface area contributed by atoms with E-state index in [4.69, 9.17) is 9.47 Å². The van der Waals surface area contributed by atoms with E-state index < -0.39 is 0 Å². The van der Waals surface area contributed by atoms with Crippen molar-refractivity contribution in [2.24, 2.45) is 0 Å². The Hall–Kier alpha value is -2.40. The summed E-state index contributed by atoms with van der Waals surface area (Å²) in [6, 6.07) is 12.4. The van der Waals surface area contributed by atoms with E-state index in [-0.39, 0.29) is 0 Å². The highest BCUT2D eigenvalue weighted by atomic mass is 16.5. The molecule has 144 valence electrons. The van der Waals surface area contributed by atoms with E-state index in [1.165, 1.54) is 37.7 Å². The van der Waals surface area contributed by atoms with Gasteiger partial charge in [0.2, 0.25) is 12.3 Å². The van der Waals surface area contributed by atoms with Crippen LogP contribution in [0.3, 0.4) is 0 Å². The van der Waals surface area contributed by atoms with Gasteiger partial charge in [-0.15, -0.1) is 0 Å². The molecule has 1 saturated carbocycles. The molecule has 0 spiro atoms. The predicted molar refractivity (Wildman–Crippen MR) is 105 cm³/mol. The van der Waals surface area contributed by atoms with Gasteiger partial charge in [-0.05, 0) is 48.4 Å². The van der Waals surface area contributed by atoms with Gasteiger partial charge < -0.3 is 14.8 Å². The third kappa shape index (κ3) is 6.36. The smallest absolute Gasteiger partial charge is 0.219 e. The number of hydrogen-bond acceptors (Lipinski definition) is 4. The SMILES string of the molecule is O=CNCCOCCc1ccc(Oc2ccc(C3CCCCC3)cc2)nc1. The number of benzene rings is 1. The quantitative estimate of drug-likeness (QED) is 0.504. The maximum atomic E-state index is 10.1. The van der Waals surface area contributed by atoms with Crippen molar-refractivity contribution < 1.29 is 14.3 Å². The van der Waals surface area contributed by atoms with E-state index in [0.717, 1.165) is 17.7 Å². The highest BCUT2D eigenvalue weighted by Crippen LogP contribution is 2.33. The topological polar surface area (TPSA) is 60.5 Å². The minimum Gasteiger partial charge on any atom is -0.439 e. The molecule has 1 aromatic carbocycles. The molecule has 5 heteroatoms. The molecule has 0 saturated heterocycles. The Balaban J connectivity index is 1.44. The zero-order valence-corrected chi connectivity index (χ0v) is 15.7. The third-order valence-corrected chi connectivity index (χ3v) is 4.99. The molecule has 1 heterocycles. The van der Waals surface area contributed by atoms with Crippen LogP contribution >= 0.6 is 0 Å². The maximum Gasteiger partial charge on any atom is 0.219 e. The molecule has 1 aliphatic rings. The van der Waals surface area contributed by atoms with Gasteiger partial charge in [-0.25, -0.2) is 4.98 Å². The van der Waals surface area contributed by atoms with Crippen LogP contribution in [0.25, 0.3) is 0 Å². The number of rotatable bonds is 10. The average molecular weight is 368 g/mol. The van der Waals surface area contributed by atoms with Crippen LogP contribution in [-0.2, 0) is 16.0 Å². The summed E-state index contributed by atoms with van der Waals surface area (Å²) < 4.78 is 11.3. The van der Waals surface area contributed by atoms with Crippen molar-refractivity contribution in [1.29, 1.82) is 0 Å². The highest BCUT2D eigenvalue weighted by molar-refractivity contribution is 5.45. The summed E-state index contributed by atoms with van der Waals surface area (Å²) in [5.41, 5.74) is 2.52. The Morgan fingerprint density at radius 3 is 2.56 bits per heavy atom. The molecule has 3 rings (SSSR count). The largest absolute Gasteiger partial charge is 0.439 e. The molecule has 27 heavy (non-hydrogen) atoms. The maximum absolute atomic E-state index is 10.1. The molecule has 1 fully saturated rings. The van der Waals surface area contributed by atoms with Crippen LogP contribution in [0.4, 0.5) is 0 Å². The van der Waals surface area contributed by atoms with Crippen molar-refractivity contribution in [3.63, 3.8) is 0 Å². The Bertz CT molecular complexity index is 680. The van der Waals surface area contributed by atoms with Gasteiger partial charge in [-0.1, -0.05) is 37.5 Å². The number of hydrogen-bond donors (Lipinski definition) is 1. The first-order chi connectivity index (χ1) is 13.3. The number of aromatic nitrogens is 1. The van der Waals surface area contributed by atoms with Gasteiger partial charge in [0.25, 0.3) is 0 Å². The molecular formula is C22H28N2O3. The number of amides is 1. The van der Waals surface area contributed by atoms with Gasteiger partial charge in [0, 0.05) is 18.8 Å². The van der Waals surface area contributed by atoms with Gasteiger partial charge in [0.1, 0.15) is 5.75 Å². The zero-order valence-electron chi connectivity index (χ0n) is 15.7. The second-order valence-corrected chi connectivity index (χ2v) is 6.95. The van der Waals surface area contributed by atoms with Gasteiger partial charge in [-0.3, -0.25) is 4.79 Å². The van der Waals surface area contributed by atoms with Crippen molar-refractivity contribution in [1.82, 2.24) is 10.3 Å². The number of carbonyl (C=O) groups excluding carboxylic acids is 1. The predicted octanol–water partition coefficient (Wildman–Crippen LogP) is 4.23. The van der Waals surface area contributed by atoms with E-state index >= 15 is 0 Å². The van der Waals surface area contributed by atoms with Crippen LogP contribution in [0.2, 0.25) is 0 Å². The van der Waals surface area contributed by atoms with Crippen LogP contribution < -0.4 is 10.1 Å². The van der Waals surface area contributed by atoms with Crippen LogP contribution in [0.15, 0.2) is 42.6 Å². The third-order valence-electron chi connectivity index (χ3n) is 4.99. The molecule has 0 atom stereocenters. The Morgan fingerprint density at radius 1 is 1.04 bits per heavy atom. The van der Waals surface area contributed by atoms with E-state index in [0.29, 0.717) is 38.0 Å². The first-order valence-corrected chi connectivity index (χ1v) is 9.82. The molecule has 1 aliphatic carbocycles. The summed E-state index contributed by atoms with van der Waals surface area (Å²) in [4.78, 5) is 14.5. The minimum atomic E-state index is 0.518. The lowest BCUT2D eigenvalue weighted by molar-refractivity contribution is -0.109. The average Bonchev–Trinajstić information content (AvgIpc) is 2.73. The van der Waals surface area contributed by atoms with E-state index in [2.05, 4.69) is 22.4 Å². The molecule has 5 nitrogen and oxygen atoms in total. The Kier molecular flexibility index (Phi) is 7.66. The molecule has 0 unspecified atom stereocenters. The fourth-order valence-electron chi connectivity index (χ4n) is 3.47. The number of pyridine rings is 1. The Morgan fingerprint density at radius 2 is 1.85 bits per heavy atom. The molecule has 0 radical (unpaired) electrons. The summed E-state index contributed by atoms with van der Waals surface area (Å²) in [6.07, 6.45) is 9.96. The fraction of sp³-hybridized carbons (Fsp3) is 0.455. The summed E-state index contributed by atoms with van der Waals surface area (Å²) in [6.45, 7) is 1.66. The lowest BCUT2D eigenvalue weighted by Gasteiger charge is -2.22. The van der Waals surface area contributed by atoms with Crippen molar-refractivity contribution in [3.8, 4) is 11.6 Å². The molecule has 0 bridgehead atoms. The van der Waals surface area contributed by atoms with Crippen LogP contribution in [-0.4, -0.2) is 31.2 Å². The molecule has 0 aliphatic heterocycles. The summed E-state index contributed by atoms with van der Waals surface area (Å²) in [5, 5.41) is 2.57. The van der Waals surface area contributed by atoms with Gasteiger partial charge in [-0.2, -0.15) is 0 Å². The number of ether oxygens (including phenoxy) is 2. The summed E-state index contributed by atoms with van der Waals surface area (Å²) >= 11 is 0. The van der Waals surface area contributed by atoms with Crippen LogP contribution in [0.5, 0.6) is 11.6 Å². The molecular weight excluding hydrogens is 340 g/mol. The van der Waals surface area contributed by atoms with Crippen molar-refractivity contribution >= 4 is 6.41 Å². The summed E-state index contributed by atoms with van der Waals surface area (Å²) in [7, 11) is 0. The monoisotopic (exact) mass is 368 g/mol. The highest BCUT2D eigenvalue weighted by Gasteiger charge is 2.15. The standard InChI is InChI=1S/C22H28N2O3/c25-17-23-13-15-26-14-12-18-6-11-22(24-16-18)27-21-9-7-20(8-10-21)19-4-2-1-3-5-19/h6-11,16-17,19H,1-5,12-15H2,(H,23,25). The van der Waals surface area contributed by atoms with Crippen molar-refractivity contribution in [2.75, 3.05) is 19.8 Å². The second kappa shape index (κ2) is 10.7. The normalized spacial score (nSPS) is 14.7. The van der Waals surface area contributed by atoms with Crippen molar-refractivity contribution in [3.05, 3.63) is 53.7 Å². The second-order valence-electron chi connectivity index (χ2n) is 6.95. The number of carbonyl (C=O) groups is 1. The first kappa shape index (κ1) is 19.4. The molecule has 1 amide bonds. The first-order valence-electron chi connectivity index (χ1n) is 9.82. The Labute approximate surface area is 161 Å². The summed E-state index contributed by atoms with van der Waals surface area (Å²) in [5.74, 6) is 2.13. The van der Waals surface area contributed by atoms with Crippen LogP contribution in [0.1, 0.15) is 49.1 Å². The number of nitrogens with one attached hydrogen (secondary N) is 1. The molecule has 2 aromatic rings. The van der Waals surface area contributed by atoms with E-state index in [9.17, 15) is 4.79 Å². The van der Waals surface area contributed by atoms with E-state index in [1.807, 2.05) is 30.5 Å². The van der Waals surface area contributed by atoms with Crippen molar-refractivity contribution in [2.45, 2.75) is 44.4 Å². The van der Waals surface area contributed by atoms with Gasteiger partial charge >= 0.3 is 0 Å². The lowest BCUT2D eigenvalue weighted by atomic mass is 9.84. The molecule has 1 N–H and O–H groups in total. The van der Waals surface area contributed by atoms with Gasteiger partial charge in [0.15, 0.2) is 0 Å². The van der Waals surface area contributed by atoms with E-state index in [1.54, 1.807) is 0 Å². The number of nitrogens with zero attached hydrogens (tertiary/aromatic N) is 1. The zero-order chi connectivity index (χ0) is 18.7.